The number of aryl methyl sites for hydroxylation is 1. The first kappa shape index (κ1) is 21.3. The van der Waals surface area contributed by atoms with E-state index in [0.717, 1.165) is 11.1 Å². The van der Waals surface area contributed by atoms with Crippen LogP contribution in [-0.4, -0.2) is 41.1 Å². The van der Waals surface area contributed by atoms with Crippen molar-refractivity contribution in [2.75, 3.05) is 11.9 Å². The van der Waals surface area contributed by atoms with E-state index in [1.54, 1.807) is 0 Å². The highest BCUT2D eigenvalue weighted by molar-refractivity contribution is 6.15. The molecule has 2 aromatic carbocycles. The summed E-state index contributed by atoms with van der Waals surface area (Å²) in [5, 5.41) is 6.21. The number of likely N-dealkylation sites (tertiary alicyclic amines) is 1. The van der Waals surface area contributed by atoms with Gasteiger partial charge in [0.1, 0.15) is 5.54 Å². The first-order valence-electron chi connectivity index (χ1n) is 11.2. The fourth-order valence-corrected chi connectivity index (χ4v) is 5.63. The van der Waals surface area contributed by atoms with Crippen molar-refractivity contribution in [3.63, 3.8) is 0 Å². The molecule has 0 aliphatic carbocycles. The quantitative estimate of drug-likeness (QED) is 0.576. The lowest BCUT2D eigenvalue weighted by molar-refractivity contribution is -0.142. The third-order valence-corrected chi connectivity index (χ3v) is 7.13. The van der Waals surface area contributed by atoms with Crippen LogP contribution in [0, 0.1) is 18.8 Å². The number of carbonyl (C=O) groups is 4. The predicted octanol–water partition coefficient (Wildman–Crippen LogP) is 1.22. The molecule has 2 saturated heterocycles. The maximum atomic E-state index is 13.7. The van der Waals surface area contributed by atoms with E-state index >= 15 is 0 Å². The van der Waals surface area contributed by atoms with Gasteiger partial charge < -0.3 is 11.1 Å². The Kier molecular flexibility index (Phi) is 5.05. The number of amides is 4. The molecule has 33 heavy (non-hydrogen) atoms. The normalized spacial score (nSPS) is 27.7. The Balaban J connectivity index is 1.53. The van der Waals surface area contributed by atoms with Crippen molar-refractivity contribution in [3.05, 3.63) is 65.2 Å². The average Bonchev–Trinajstić information content (AvgIpc) is 3.37. The zero-order valence-electron chi connectivity index (χ0n) is 18.3. The van der Waals surface area contributed by atoms with Gasteiger partial charge in [-0.2, -0.15) is 0 Å². The molecule has 170 valence electrons. The molecule has 4 N–H and O–H groups in total. The Bertz CT molecular complexity index is 1160. The molecule has 4 amide bonds. The molecule has 8 nitrogen and oxygen atoms in total. The molecule has 8 heteroatoms. The van der Waals surface area contributed by atoms with Crippen molar-refractivity contribution in [2.45, 2.75) is 37.8 Å². The molecule has 0 aromatic heterocycles. The second-order valence-electron chi connectivity index (χ2n) is 9.13. The number of nitrogens with zero attached hydrogens (tertiary/aromatic N) is 1. The van der Waals surface area contributed by atoms with E-state index in [4.69, 9.17) is 5.73 Å². The molecule has 0 unspecified atom stereocenters. The van der Waals surface area contributed by atoms with Crippen molar-refractivity contribution in [3.8, 4) is 0 Å². The van der Waals surface area contributed by atoms with Crippen molar-refractivity contribution in [1.82, 2.24) is 10.2 Å². The monoisotopic (exact) mass is 446 g/mol. The lowest BCUT2D eigenvalue weighted by Gasteiger charge is -2.29. The summed E-state index contributed by atoms with van der Waals surface area (Å²) < 4.78 is 0. The summed E-state index contributed by atoms with van der Waals surface area (Å²) in [5.74, 6) is -3.08. The van der Waals surface area contributed by atoms with Crippen LogP contribution in [0.25, 0.3) is 0 Å². The second-order valence-corrected chi connectivity index (χ2v) is 9.13. The number of nitrogens with two attached hydrogens (primary N) is 1. The lowest BCUT2D eigenvalue weighted by Crippen LogP contribution is -2.53. The number of imide groups is 1. The van der Waals surface area contributed by atoms with Gasteiger partial charge in [0.15, 0.2) is 0 Å². The first-order valence-corrected chi connectivity index (χ1v) is 11.2. The minimum Gasteiger partial charge on any atom is -0.370 e. The molecule has 3 heterocycles. The highest BCUT2D eigenvalue weighted by Crippen LogP contribution is 2.53. The van der Waals surface area contributed by atoms with E-state index in [1.165, 1.54) is 4.90 Å². The Morgan fingerprint density at radius 1 is 1.09 bits per heavy atom. The molecule has 0 bridgehead atoms. The summed E-state index contributed by atoms with van der Waals surface area (Å²) in [4.78, 5) is 53.4. The number of rotatable bonds is 6. The van der Waals surface area contributed by atoms with E-state index in [2.05, 4.69) is 10.6 Å². The van der Waals surface area contributed by atoms with Gasteiger partial charge in [0.05, 0.1) is 11.8 Å². The van der Waals surface area contributed by atoms with Crippen LogP contribution in [0.5, 0.6) is 0 Å². The molecule has 5 rings (SSSR count). The zero-order valence-corrected chi connectivity index (χ0v) is 18.3. The van der Waals surface area contributed by atoms with Gasteiger partial charge in [-0.15, -0.1) is 0 Å². The molecule has 3 aliphatic rings. The molecule has 3 aliphatic heterocycles. The number of hydrogen-bond donors (Lipinski definition) is 3. The van der Waals surface area contributed by atoms with E-state index in [-0.39, 0.29) is 37.1 Å². The van der Waals surface area contributed by atoms with Crippen LogP contribution in [0.1, 0.15) is 29.5 Å². The van der Waals surface area contributed by atoms with Crippen LogP contribution in [0.4, 0.5) is 5.69 Å². The number of benzene rings is 2. The molecule has 2 aromatic rings. The van der Waals surface area contributed by atoms with Gasteiger partial charge in [-0.3, -0.25) is 29.4 Å². The highest BCUT2D eigenvalue weighted by Gasteiger charge is 2.70. The number of primary amides is 1. The average molecular weight is 447 g/mol. The van der Waals surface area contributed by atoms with Crippen LogP contribution in [0.2, 0.25) is 0 Å². The van der Waals surface area contributed by atoms with Gasteiger partial charge in [-0.05, 0) is 31.4 Å². The minimum atomic E-state index is -1.34. The molecule has 4 atom stereocenters. The fraction of sp³-hybridized carbons (Fsp3) is 0.360. The molecular formula is C25H26N4O4. The Labute approximate surface area is 191 Å². The van der Waals surface area contributed by atoms with Gasteiger partial charge in [0, 0.05) is 30.3 Å². The fourth-order valence-electron chi connectivity index (χ4n) is 5.63. The van der Waals surface area contributed by atoms with Crippen LogP contribution in [0.15, 0.2) is 48.5 Å². The van der Waals surface area contributed by atoms with Gasteiger partial charge in [-0.1, -0.05) is 48.0 Å². The Hall–Kier alpha value is -3.52. The number of nitrogens with one attached hydrogen (secondary N) is 2. The van der Waals surface area contributed by atoms with E-state index in [0.29, 0.717) is 17.7 Å². The summed E-state index contributed by atoms with van der Waals surface area (Å²) in [7, 11) is 0. The zero-order chi connectivity index (χ0) is 23.3. The Morgan fingerprint density at radius 3 is 2.58 bits per heavy atom. The summed E-state index contributed by atoms with van der Waals surface area (Å²) >= 11 is 0. The van der Waals surface area contributed by atoms with Crippen LogP contribution in [0.3, 0.4) is 0 Å². The molecule has 2 fully saturated rings. The summed E-state index contributed by atoms with van der Waals surface area (Å²) in [6.45, 7) is 2.16. The number of anilines is 1. The number of hydrogen-bond acceptors (Lipinski definition) is 5. The van der Waals surface area contributed by atoms with Crippen LogP contribution in [-0.2, 0) is 31.1 Å². The van der Waals surface area contributed by atoms with E-state index in [9.17, 15) is 19.2 Å². The van der Waals surface area contributed by atoms with Gasteiger partial charge in [0.2, 0.25) is 23.6 Å². The SMILES string of the molecule is Cc1ccc2c(c1)[C@@]1(N[C@@H](CCC(N)=O)[C@H]3C(=O)N(CCc4ccccc4)C(=O)[C@H]31)C(=O)N2. The first-order chi connectivity index (χ1) is 15.8. The molecule has 0 saturated carbocycles. The number of fused-ring (bicyclic) bond motifs is 4. The summed E-state index contributed by atoms with van der Waals surface area (Å²) in [6.07, 6.45) is 0.870. The van der Waals surface area contributed by atoms with E-state index < -0.39 is 29.3 Å². The predicted molar refractivity (Wildman–Crippen MR) is 121 cm³/mol. The van der Waals surface area contributed by atoms with Crippen molar-refractivity contribution in [1.29, 1.82) is 0 Å². The molecule has 0 radical (unpaired) electrons. The van der Waals surface area contributed by atoms with Crippen molar-refractivity contribution < 1.29 is 19.2 Å². The lowest BCUT2D eigenvalue weighted by atomic mass is 9.76. The van der Waals surface area contributed by atoms with Gasteiger partial charge >= 0.3 is 0 Å². The Morgan fingerprint density at radius 2 is 1.85 bits per heavy atom. The maximum Gasteiger partial charge on any atom is 0.250 e. The van der Waals surface area contributed by atoms with E-state index in [1.807, 2.05) is 55.5 Å². The third-order valence-electron chi connectivity index (χ3n) is 7.13. The second kappa shape index (κ2) is 7.81. The van der Waals surface area contributed by atoms with Crippen molar-refractivity contribution >= 4 is 29.3 Å². The maximum absolute atomic E-state index is 13.7. The van der Waals surface area contributed by atoms with Gasteiger partial charge in [0.25, 0.3) is 0 Å². The topological polar surface area (TPSA) is 122 Å². The largest absolute Gasteiger partial charge is 0.370 e. The smallest absolute Gasteiger partial charge is 0.250 e. The van der Waals surface area contributed by atoms with Crippen LogP contribution < -0.4 is 16.4 Å². The highest BCUT2D eigenvalue weighted by atomic mass is 16.2. The summed E-state index contributed by atoms with van der Waals surface area (Å²) in [5.41, 5.74) is 7.30. The molecule has 1 spiro atoms. The number of carbonyl (C=O) groups excluding carboxylic acids is 4. The van der Waals surface area contributed by atoms with Gasteiger partial charge in [-0.25, -0.2) is 0 Å². The molecular weight excluding hydrogens is 420 g/mol. The summed E-state index contributed by atoms with van der Waals surface area (Å²) in [6, 6.07) is 14.7. The standard InChI is InChI=1S/C25H26N4O4/c1-14-7-8-17-16(13-14)25(24(33)27-17)21-20(18(28-25)9-10-19(26)30)22(31)29(23(21)32)12-11-15-5-3-2-4-6-15/h2-8,13,18,20-21,28H,9-12H2,1H3,(H2,26,30)(H,27,33)/t18-,20+,21-,25-/m0/s1. The van der Waals surface area contributed by atoms with Crippen LogP contribution >= 0.6 is 0 Å². The minimum absolute atomic E-state index is 0.0603. The van der Waals surface area contributed by atoms with Crippen molar-refractivity contribution in [2.24, 2.45) is 17.6 Å². The third kappa shape index (κ3) is 3.24.